The summed E-state index contributed by atoms with van der Waals surface area (Å²) in [5, 5.41) is 3.26. The maximum atomic E-state index is 5.29. The van der Waals surface area contributed by atoms with E-state index in [-0.39, 0.29) is 0 Å². The number of benzene rings is 1. The van der Waals surface area contributed by atoms with Crippen molar-refractivity contribution in [2.24, 2.45) is 0 Å². The van der Waals surface area contributed by atoms with Crippen molar-refractivity contribution >= 4 is 22.9 Å². The summed E-state index contributed by atoms with van der Waals surface area (Å²) in [5.41, 5.74) is 4.46. The van der Waals surface area contributed by atoms with Crippen LogP contribution in [-0.4, -0.2) is 9.97 Å². The standard InChI is InChI=1S/C13H10N2S/c16-13-8-12-10(5-3-7-14-12)9-4-1-2-6-11(9)15-13/h1-7H,8H2,(H,15,16). The van der Waals surface area contributed by atoms with Gasteiger partial charge >= 0.3 is 0 Å². The monoisotopic (exact) mass is 226 g/mol. The van der Waals surface area contributed by atoms with Crippen molar-refractivity contribution in [1.82, 2.24) is 4.98 Å². The molecule has 2 nitrogen and oxygen atoms in total. The normalized spacial score (nSPS) is 13.4. The van der Waals surface area contributed by atoms with Crippen LogP contribution in [0.25, 0.3) is 11.1 Å². The summed E-state index contributed by atoms with van der Waals surface area (Å²) in [6.07, 6.45) is 2.52. The number of para-hydroxylation sites is 1. The topological polar surface area (TPSA) is 24.9 Å². The van der Waals surface area contributed by atoms with Gasteiger partial charge in [0.15, 0.2) is 0 Å². The van der Waals surface area contributed by atoms with Crippen LogP contribution in [0.2, 0.25) is 0 Å². The van der Waals surface area contributed by atoms with E-state index in [1.54, 1.807) is 0 Å². The molecule has 1 N–H and O–H groups in total. The number of aromatic nitrogens is 1. The Balaban J connectivity index is 2.30. The lowest BCUT2D eigenvalue weighted by Gasteiger charge is -2.07. The van der Waals surface area contributed by atoms with Gasteiger partial charge in [-0.2, -0.15) is 0 Å². The van der Waals surface area contributed by atoms with Gasteiger partial charge < -0.3 is 5.32 Å². The number of nitrogens with zero attached hydrogens (tertiary/aromatic N) is 1. The van der Waals surface area contributed by atoms with Crippen LogP contribution in [0.4, 0.5) is 5.69 Å². The number of hydrogen-bond donors (Lipinski definition) is 1. The van der Waals surface area contributed by atoms with Crippen molar-refractivity contribution in [3.63, 3.8) is 0 Å². The van der Waals surface area contributed by atoms with E-state index < -0.39 is 0 Å². The van der Waals surface area contributed by atoms with E-state index in [0.717, 1.165) is 16.4 Å². The summed E-state index contributed by atoms with van der Waals surface area (Å²) in [4.78, 5) is 5.23. The highest BCUT2D eigenvalue weighted by Crippen LogP contribution is 2.32. The first-order valence-corrected chi connectivity index (χ1v) is 5.58. The molecule has 0 fully saturated rings. The number of fused-ring (bicyclic) bond motifs is 3. The lowest BCUT2D eigenvalue weighted by atomic mass is 10.0. The molecule has 0 bridgehead atoms. The third-order valence-electron chi connectivity index (χ3n) is 2.71. The van der Waals surface area contributed by atoms with Crippen LogP contribution in [0.1, 0.15) is 5.69 Å². The summed E-state index contributed by atoms with van der Waals surface area (Å²) >= 11 is 5.29. The maximum absolute atomic E-state index is 5.29. The van der Waals surface area contributed by atoms with Gasteiger partial charge in [0, 0.05) is 29.4 Å². The quantitative estimate of drug-likeness (QED) is 0.699. The Morgan fingerprint density at radius 3 is 2.81 bits per heavy atom. The minimum absolute atomic E-state index is 0.709. The molecule has 1 aromatic heterocycles. The van der Waals surface area contributed by atoms with E-state index in [4.69, 9.17) is 12.2 Å². The van der Waals surface area contributed by atoms with Crippen molar-refractivity contribution in [2.45, 2.75) is 6.42 Å². The largest absolute Gasteiger partial charge is 0.349 e. The fraction of sp³-hybridized carbons (Fsp3) is 0.0769. The number of anilines is 1. The molecular weight excluding hydrogens is 216 g/mol. The molecule has 0 amide bonds. The second-order valence-corrected chi connectivity index (χ2v) is 4.26. The lowest BCUT2D eigenvalue weighted by Crippen LogP contribution is -2.10. The molecule has 0 saturated heterocycles. The first kappa shape index (κ1) is 9.48. The van der Waals surface area contributed by atoms with E-state index in [0.29, 0.717) is 6.42 Å². The summed E-state index contributed by atoms with van der Waals surface area (Å²) in [6.45, 7) is 0. The highest BCUT2D eigenvalue weighted by atomic mass is 32.1. The zero-order chi connectivity index (χ0) is 11.0. The number of rotatable bonds is 0. The van der Waals surface area contributed by atoms with E-state index in [2.05, 4.69) is 22.4 Å². The molecule has 3 heteroatoms. The highest BCUT2D eigenvalue weighted by molar-refractivity contribution is 7.80. The van der Waals surface area contributed by atoms with Gasteiger partial charge in [-0.25, -0.2) is 0 Å². The molecular formula is C13H10N2S. The van der Waals surface area contributed by atoms with Crippen molar-refractivity contribution in [2.75, 3.05) is 5.32 Å². The average molecular weight is 226 g/mol. The minimum Gasteiger partial charge on any atom is -0.349 e. The fourth-order valence-corrected chi connectivity index (χ4v) is 2.24. The van der Waals surface area contributed by atoms with Crippen LogP contribution in [0.15, 0.2) is 42.6 Å². The smallest absolute Gasteiger partial charge is 0.0857 e. The fourth-order valence-electron chi connectivity index (χ4n) is 2.00. The molecule has 0 aliphatic carbocycles. The Morgan fingerprint density at radius 1 is 1.06 bits per heavy atom. The van der Waals surface area contributed by atoms with Gasteiger partial charge in [0.1, 0.15) is 0 Å². The SMILES string of the molecule is S=C1Cc2ncccc2-c2ccccc2N1. The number of thiocarbonyl (C=S) groups is 1. The Hall–Kier alpha value is -1.74. The van der Waals surface area contributed by atoms with Crippen LogP contribution >= 0.6 is 12.2 Å². The van der Waals surface area contributed by atoms with Gasteiger partial charge in [-0.1, -0.05) is 36.5 Å². The van der Waals surface area contributed by atoms with E-state index in [1.807, 2.05) is 30.5 Å². The van der Waals surface area contributed by atoms with Gasteiger partial charge in [-0.15, -0.1) is 0 Å². The minimum atomic E-state index is 0.709. The number of hydrogen-bond acceptors (Lipinski definition) is 2. The van der Waals surface area contributed by atoms with E-state index in [9.17, 15) is 0 Å². The van der Waals surface area contributed by atoms with Crippen LogP contribution in [0, 0.1) is 0 Å². The van der Waals surface area contributed by atoms with Crippen LogP contribution in [0.5, 0.6) is 0 Å². The number of pyridine rings is 1. The van der Waals surface area contributed by atoms with Crippen LogP contribution < -0.4 is 5.32 Å². The Bertz CT molecular complexity index is 514. The third kappa shape index (κ3) is 1.49. The van der Waals surface area contributed by atoms with Crippen LogP contribution in [-0.2, 0) is 6.42 Å². The predicted octanol–water partition coefficient (Wildman–Crippen LogP) is 3.04. The van der Waals surface area contributed by atoms with Crippen molar-refractivity contribution in [1.29, 1.82) is 0 Å². The van der Waals surface area contributed by atoms with Crippen molar-refractivity contribution < 1.29 is 0 Å². The predicted molar refractivity (Wildman–Crippen MR) is 69.6 cm³/mol. The van der Waals surface area contributed by atoms with Gasteiger partial charge in [-0.05, 0) is 12.1 Å². The zero-order valence-corrected chi connectivity index (χ0v) is 9.42. The number of nitrogens with one attached hydrogen (secondary N) is 1. The first-order valence-electron chi connectivity index (χ1n) is 5.18. The van der Waals surface area contributed by atoms with Crippen molar-refractivity contribution in [3.05, 3.63) is 48.3 Å². The average Bonchev–Trinajstić information content (AvgIpc) is 2.44. The second-order valence-electron chi connectivity index (χ2n) is 3.77. The summed E-state index contributed by atoms with van der Waals surface area (Å²) in [7, 11) is 0. The summed E-state index contributed by atoms with van der Waals surface area (Å²) in [6, 6.07) is 12.2. The van der Waals surface area contributed by atoms with E-state index in [1.165, 1.54) is 11.1 Å². The molecule has 0 radical (unpaired) electrons. The third-order valence-corrected chi connectivity index (χ3v) is 2.96. The molecule has 1 aliphatic heterocycles. The second kappa shape index (κ2) is 3.68. The van der Waals surface area contributed by atoms with Gasteiger partial charge in [0.05, 0.1) is 10.7 Å². The van der Waals surface area contributed by atoms with Crippen LogP contribution in [0.3, 0.4) is 0 Å². The molecule has 78 valence electrons. The molecule has 1 aliphatic rings. The molecule has 0 spiro atoms. The lowest BCUT2D eigenvalue weighted by molar-refractivity contribution is 1.16. The zero-order valence-electron chi connectivity index (χ0n) is 8.60. The molecule has 1 aromatic carbocycles. The first-order chi connectivity index (χ1) is 7.84. The molecule has 16 heavy (non-hydrogen) atoms. The van der Waals surface area contributed by atoms with Gasteiger partial charge in [0.25, 0.3) is 0 Å². The highest BCUT2D eigenvalue weighted by Gasteiger charge is 2.16. The molecule has 0 saturated carbocycles. The molecule has 2 heterocycles. The Morgan fingerprint density at radius 2 is 1.88 bits per heavy atom. The Labute approximate surface area is 99.3 Å². The Kier molecular flexibility index (Phi) is 2.18. The molecule has 0 atom stereocenters. The maximum Gasteiger partial charge on any atom is 0.0857 e. The van der Waals surface area contributed by atoms with Gasteiger partial charge in [0.2, 0.25) is 0 Å². The summed E-state index contributed by atoms with van der Waals surface area (Å²) in [5.74, 6) is 0. The molecule has 2 aromatic rings. The molecule has 0 unspecified atom stereocenters. The van der Waals surface area contributed by atoms with Gasteiger partial charge in [-0.3, -0.25) is 4.98 Å². The van der Waals surface area contributed by atoms with E-state index >= 15 is 0 Å². The van der Waals surface area contributed by atoms with Crippen molar-refractivity contribution in [3.8, 4) is 11.1 Å². The molecule has 3 rings (SSSR count). The summed E-state index contributed by atoms with van der Waals surface area (Å²) < 4.78 is 0.